The minimum atomic E-state index is -0.511. The van der Waals surface area contributed by atoms with Crippen LogP contribution in [-0.2, 0) is 24.1 Å². The van der Waals surface area contributed by atoms with Crippen molar-refractivity contribution < 1.29 is 9.53 Å². The van der Waals surface area contributed by atoms with Gasteiger partial charge in [-0.1, -0.05) is 42.9 Å². The third-order valence-electron chi connectivity index (χ3n) is 4.12. The molecule has 8 heteroatoms. The Morgan fingerprint density at radius 3 is 2.85 bits per heavy atom. The Labute approximate surface area is 164 Å². The van der Waals surface area contributed by atoms with Gasteiger partial charge in [-0.05, 0) is 41.5 Å². The number of para-hydroxylation sites is 1. The summed E-state index contributed by atoms with van der Waals surface area (Å²) in [6.07, 6.45) is 1.28. The predicted octanol–water partition coefficient (Wildman–Crippen LogP) is 5.15. The van der Waals surface area contributed by atoms with Gasteiger partial charge in [0.05, 0.1) is 21.8 Å². The van der Waals surface area contributed by atoms with Gasteiger partial charge in [-0.3, -0.25) is 14.7 Å². The van der Waals surface area contributed by atoms with Gasteiger partial charge in [0.25, 0.3) is 0 Å². The number of nitrogens with one attached hydrogen (secondary N) is 1. The highest BCUT2D eigenvalue weighted by Crippen LogP contribution is 2.29. The number of hydrogen-bond acceptors (Lipinski definition) is 5. The van der Waals surface area contributed by atoms with Crippen LogP contribution in [0.3, 0.4) is 0 Å². The molecule has 1 N–H and O–H groups in total. The Morgan fingerprint density at radius 1 is 1.31 bits per heavy atom. The highest BCUT2D eigenvalue weighted by molar-refractivity contribution is 7.16. The minimum Gasteiger partial charge on any atom is -0.447 e. The lowest BCUT2D eigenvalue weighted by Crippen LogP contribution is -2.21. The van der Waals surface area contributed by atoms with Crippen LogP contribution in [0.2, 0.25) is 5.02 Å². The zero-order valence-corrected chi connectivity index (χ0v) is 16.9. The highest BCUT2D eigenvalue weighted by atomic mass is 35.5. The Hall–Kier alpha value is -1.83. The number of hydrogen-bond donors (Lipinski definition) is 1. The van der Waals surface area contributed by atoms with Crippen molar-refractivity contribution >= 4 is 55.6 Å². The molecule has 2 heterocycles. The normalized spacial score (nSPS) is 11.0. The molecule has 138 valence electrons. The molecule has 3 aromatic rings. The summed E-state index contributed by atoms with van der Waals surface area (Å²) in [4.78, 5) is 24.1. The van der Waals surface area contributed by atoms with Gasteiger partial charge < -0.3 is 4.74 Å². The number of rotatable bonds is 6. The van der Waals surface area contributed by atoms with Crippen LogP contribution in [0.25, 0.3) is 10.2 Å². The van der Waals surface area contributed by atoms with Gasteiger partial charge in [-0.2, -0.15) is 0 Å². The van der Waals surface area contributed by atoms with E-state index < -0.39 is 6.09 Å². The van der Waals surface area contributed by atoms with Crippen molar-refractivity contribution in [3.63, 3.8) is 0 Å². The third-order valence-corrected chi connectivity index (χ3v) is 6.35. The van der Waals surface area contributed by atoms with Crippen LogP contribution in [0.4, 0.5) is 9.80 Å². The number of carbonyl (C=O) groups is 1. The van der Waals surface area contributed by atoms with E-state index in [1.54, 1.807) is 10.6 Å². The van der Waals surface area contributed by atoms with E-state index in [-0.39, 0.29) is 18.0 Å². The van der Waals surface area contributed by atoms with Gasteiger partial charge in [-0.25, -0.2) is 4.79 Å². The number of thiophene rings is 1. The van der Waals surface area contributed by atoms with Gasteiger partial charge in [0.1, 0.15) is 11.6 Å². The van der Waals surface area contributed by atoms with Gasteiger partial charge in [0, 0.05) is 0 Å². The lowest BCUT2D eigenvalue weighted by Gasteiger charge is -2.09. The smallest absolute Gasteiger partial charge is 0.412 e. The molecular weight excluding hydrogens is 392 g/mol. The molecule has 5 nitrogen and oxygen atoms in total. The summed E-state index contributed by atoms with van der Waals surface area (Å²) in [6, 6.07) is 5.41. The molecule has 0 saturated heterocycles. The summed E-state index contributed by atoms with van der Waals surface area (Å²) in [6.45, 7) is 4.52. The second kappa shape index (κ2) is 8.24. The van der Waals surface area contributed by atoms with Crippen LogP contribution in [0.15, 0.2) is 28.4 Å². The molecule has 0 bridgehead atoms. The first-order valence-electron chi connectivity index (χ1n) is 8.36. The van der Waals surface area contributed by atoms with E-state index in [2.05, 4.69) is 24.5 Å². The van der Waals surface area contributed by atoms with Crippen molar-refractivity contribution in [3.05, 3.63) is 49.4 Å². The Morgan fingerprint density at radius 2 is 2.12 bits per heavy atom. The number of benzene rings is 1. The van der Waals surface area contributed by atoms with E-state index in [1.807, 2.05) is 12.1 Å². The molecule has 0 atom stereocenters. The largest absolute Gasteiger partial charge is 0.447 e. The maximum Gasteiger partial charge on any atom is 0.412 e. The quantitative estimate of drug-likeness (QED) is 0.611. The molecule has 0 spiro atoms. The van der Waals surface area contributed by atoms with Crippen LogP contribution in [0.5, 0.6) is 0 Å². The molecule has 2 aromatic heterocycles. The van der Waals surface area contributed by atoms with Gasteiger partial charge >= 0.3 is 11.0 Å². The number of ether oxygens (including phenoxy) is 1. The number of thiazole rings is 1. The average Bonchev–Trinajstić information content (AvgIpc) is 3.15. The fourth-order valence-electron chi connectivity index (χ4n) is 2.85. The van der Waals surface area contributed by atoms with Gasteiger partial charge in [-0.15, -0.1) is 11.3 Å². The van der Waals surface area contributed by atoms with E-state index >= 15 is 0 Å². The number of amides is 1. The van der Waals surface area contributed by atoms with Crippen LogP contribution in [0, 0.1) is 0 Å². The molecule has 0 fully saturated rings. The number of aryl methyl sites for hydroxylation is 1. The van der Waals surface area contributed by atoms with Crippen molar-refractivity contribution in [1.82, 2.24) is 4.57 Å². The predicted molar refractivity (Wildman–Crippen MR) is 109 cm³/mol. The van der Waals surface area contributed by atoms with Crippen LogP contribution < -0.4 is 10.2 Å². The van der Waals surface area contributed by atoms with E-state index in [0.29, 0.717) is 10.5 Å². The summed E-state index contributed by atoms with van der Waals surface area (Å²) < 4.78 is 7.64. The maximum absolute atomic E-state index is 12.1. The minimum absolute atomic E-state index is 0.0935. The highest BCUT2D eigenvalue weighted by Gasteiger charge is 2.14. The van der Waals surface area contributed by atoms with E-state index in [1.165, 1.54) is 16.9 Å². The Balaban J connectivity index is 1.64. The van der Waals surface area contributed by atoms with E-state index in [0.717, 1.165) is 39.4 Å². The zero-order valence-electron chi connectivity index (χ0n) is 14.5. The van der Waals surface area contributed by atoms with Crippen molar-refractivity contribution in [2.75, 3.05) is 11.9 Å². The fourth-order valence-corrected chi connectivity index (χ4v) is 5.26. The lowest BCUT2D eigenvalue weighted by atomic mass is 10.1. The van der Waals surface area contributed by atoms with Crippen molar-refractivity contribution in [1.29, 1.82) is 0 Å². The van der Waals surface area contributed by atoms with Crippen LogP contribution >= 0.6 is 34.3 Å². The molecule has 0 aliphatic rings. The van der Waals surface area contributed by atoms with E-state index in [4.69, 9.17) is 16.3 Å². The summed E-state index contributed by atoms with van der Waals surface area (Å²) >= 11 is 8.84. The topological polar surface area (TPSA) is 60.3 Å². The Bertz CT molecular complexity index is 990. The van der Waals surface area contributed by atoms with Gasteiger partial charge in [0.2, 0.25) is 0 Å². The second-order valence-corrected chi connectivity index (χ2v) is 7.92. The molecule has 1 amide bonds. The molecule has 0 aliphatic heterocycles. The van der Waals surface area contributed by atoms with Crippen LogP contribution in [0.1, 0.15) is 25.0 Å². The third kappa shape index (κ3) is 3.79. The summed E-state index contributed by atoms with van der Waals surface area (Å²) in [5, 5.41) is 6.22. The van der Waals surface area contributed by atoms with E-state index in [9.17, 15) is 9.59 Å². The SMILES string of the molecule is CCc1csc(NC(=O)OCCn2c(=O)sc3cccc(Cl)c32)c1CC. The molecular formula is C18H19ClN2O3S2. The molecule has 0 unspecified atom stereocenters. The number of carbonyl (C=O) groups excluding carboxylic acids is 1. The first-order chi connectivity index (χ1) is 12.5. The molecule has 26 heavy (non-hydrogen) atoms. The summed E-state index contributed by atoms with van der Waals surface area (Å²) in [5.41, 5.74) is 3.09. The maximum atomic E-state index is 12.1. The number of halogens is 1. The Kier molecular flexibility index (Phi) is 6.01. The second-order valence-electron chi connectivity index (χ2n) is 5.64. The number of aromatic nitrogens is 1. The number of nitrogens with zero attached hydrogens (tertiary/aromatic N) is 1. The van der Waals surface area contributed by atoms with Crippen molar-refractivity contribution in [3.8, 4) is 0 Å². The zero-order chi connectivity index (χ0) is 18.7. The van der Waals surface area contributed by atoms with Crippen LogP contribution in [-0.4, -0.2) is 17.3 Å². The number of anilines is 1. The molecule has 1 aromatic carbocycles. The first kappa shape index (κ1) is 18.9. The van der Waals surface area contributed by atoms with Crippen molar-refractivity contribution in [2.45, 2.75) is 33.2 Å². The molecule has 0 saturated carbocycles. The molecule has 3 rings (SSSR count). The van der Waals surface area contributed by atoms with Gasteiger partial charge in [0.15, 0.2) is 0 Å². The molecule has 0 radical (unpaired) electrons. The standard InChI is InChI=1S/C18H19ClN2O3S2/c1-3-11-10-25-16(12(11)4-2)20-17(22)24-9-8-21-15-13(19)6-5-7-14(15)26-18(21)23/h5-7,10H,3-4,8-9H2,1-2H3,(H,20,22). The summed E-state index contributed by atoms with van der Waals surface area (Å²) in [7, 11) is 0. The molecule has 0 aliphatic carbocycles. The number of fused-ring (bicyclic) bond motifs is 1. The lowest BCUT2D eigenvalue weighted by molar-refractivity contribution is 0.157. The average molecular weight is 411 g/mol. The van der Waals surface area contributed by atoms with Crippen molar-refractivity contribution in [2.24, 2.45) is 0 Å². The fraction of sp³-hybridized carbons (Fsp3) is 0.333. The monoisotopic (exact) mass is 410 g/mol. The summed E-state index contributed by atoms with van der Waals surface area (Å²) in [5.74, 6) is 0. The first-order valence-corrected chi connectivity index (χ1v) is 10.4.